The molecule has 3 aliphatic heterocycles. The molecule has 0 saturated carbocycles. The second-order valence-electron chi connectivity index (χ2n) is 18.3. The Kier molecular flexibility index (Phi) is 31.4. The van der Waals surface area contributed by atoms with E-state index in [1.165, 1.54) is 12.8 Å². The van der Waals surface area contributed by atoms with Crippen LogP contribution < -0.4 is 5.32 Å². The van der Waals surface area contributed by atoms with Crippen LogP contribution in [0, 0.1) is 0 Å². The Morgan fingerprint density at radius 3 is 1.49 bits per heavy atom. The minimum absolute atomic E-state index is 0.184. The van der Waals surface area contributed by atoms with Crippen molar-refractivity contribution in [1.82, 2.24) is 5.32 Å². The maximum atomic E-state index is 13.2. The molecule has 3 saturated heterocycles. The highest BCUT2D eigenvalue weighted by molar-refractivity contribution is 5.76. The number of amides is 1. The molecule has 19 nitrogen and oxygen atoms in total. The number of hydrogen-bond donors (Lipinski definition) is 12. The predicted octanol–water partition coefficient (Wildman–Crippen LogP) is 1.75. The maximum absolute atomic E-state index is 13.2. The average molecular weight is 1000 g/mol. The highest BCUT2D eigenvalue weighted by Gasteiger charge is 2.53. The monoisotopic (exact) mass is 1000 g/mol. The van der Waals surface area contributed by atoms with E-state index in [9.17, 15) is 61.0 Å². The van der Waals surface area contributed by atoms with E-state index in [0.29, 0.717) is 25.7 Å². The number of ether oxygens (including phenoxy) is 6. The van der Waals surface area contributed by atoms with Crippen LogP contribution in [0.2, 0.25) is 0 Å². The topological polar surface area (TPSA) is 307 Å². The van der Waals surface area contributed by atoms with Gasteiger partial charge in [-0.15, -0.1) is 0 Å². The Hall–Kier alpha value is -2.51. The number of nitrogens with one attached hydrogen (secondary N) is 1. The largest absolute Gasteiger partial charge is 0.394 e. The lowest BCUT2D eigenvalue weighted by Gasteiger charge is -2.48. The third kappa shape index (κ3) is 21.1. The third-order valence-electron chi connectivity index (χ3n) is 12.6. The van der Waals surface area contributed by atoms with Crippen LogP contribution in [0.1, 0.15) is 123 Å². The summed E-state index contributed by atoms with van der Waals surface area (Å²) in [7, 11) is 0. The first-order chi connectivity index (χ1) is 33.8. The normalized spacial score (nSPS) is 33.1. The Morgan fingerprint density at radius 2 is 0.971 bits per heavy atom. The van der Waals surface area contributed by atoms with E-state index >= 15 is 0 Å². The molecule has 1 amide bonds. The summed E-state index contributed by atoms with van der Waals surface area (Å²) in [6, 6.07) is -0.916. The molecule has 0 aliphatic carbocycles. The van der Waals surface area contributed by atoms with Crippen molar-refractivity contribution >= 4 is 5.91 Å². The summed E-state index contributed by atoms with van der Waals surface area (Å²) in [6.45, 7) is 1.53. The molecule has 3 fully saturated rings. The molecular weight excluding hydrogens is 915 g/mol. The van der Waals surface area contributed by atoms with Crippen molar-refractivity contribution < 1.29 is 89.4 Å². The van der Waals surface area contributed by atoms with Crippen molar-refractivity contribution in [1.29, 1.82) is 0 Å². The minimum Gasteiger partial charge on any atom is -0.394 e. The van der Waals surface area contributed by atoms with Gasteiger partial charge in [-0.05, 0) is 51.4 Å². The summed E-state index contributed by atoms with van der Waals surface area (Å²) >= 11 is 0. The first-order valence-electron chi connectivity index (χ1n) is 25.5. The molecule has 0 radical (unpaired) electrons. The predicted molar refractivity (Wildman–Crippen MR) is 258 cm³/mol. The molecule has 19 heteroatoms. The zero-order chi connectivity index (χ0) is 51.3. The van der Waals surface area contributed by atoms with Crippen molar-refractivity contribution in [3.05, 3.63) is 60.8 Å². The van der Waals surface area contributed by atoms with E-state index in [-0.39, 0.29) is 18.9 Å². The number of rotatable bonds is 34. The molecule has 3 heterocycles. The number of aliphatic hydroxyl groups is 11. The van der Waals surface area contributed by atoms with Crippen molar-refractivity contribution in [3.63, 3.8) is 0 Å². The molecular formula is C51H87NO18. The minimum atomic E-state index is -1.98. The van der Waals surface area contributed by atoms with Crippen LogP contribution >= 0.6 is 0 Å². The number of allylic oxidation sites excluding steroid dienone is 10. The molecule has 17 unspecified atom stereocenters. The van der Waals surface area contributed by atoms with Gasteiger partial charge >= 0.3 is 0 Å². The zero-order valence-electron chi connectivity index (χ0n) is 41.2. The Bertz CT molecular complexity index is 1530. The van der Waals surface area contributed by atoms with Gasteiger partial charge in [0.1, 0.15) is 73.2 Å². The van der Waals surface area contributed by atoms with Gasteiger partial charge in [0, 0.05) is 6.42 Å². The van der Waals surface area contributed by atoms with E-state index < -0.39 is 124 Å². The van der Waals surface area contributed by atoms with Crippen LogP contribution in [-0.4, -0.2) is 193 Å². The quantitative estimate of drug-likeness (QED) is 0.0323. The Labute approximate surface area is 414 Å². The Balaban J connectivity index is 1.55. The lowest BCUT2D eigenvalue weighted by molar-refractivity contribution is -0.379. The van der Waals surface area contributed by atoms with Gasteiger partial charge in [-0.3, -0.25) is 4.79 Å². The van der Waals surface area contributed by atoms with Crippen LogP contribution in [0.4, 0.5) is 0 Å². The highest BCUT2D eigenvalue weighted by Crippen LogP contribution is 2.33. The van der Waals surface area contributed by atoms with Gasteiger partial charge in [0.2, 0.25) is 5.91 Å². The molecule has 17 atom stereocenters. The van der Waals surface area contributed by atoms with Crippen LogP contribution in [0.5, 0.6) is 0 Å². The highest BCUT2D eigenvalue weighted by atomic mass is 16.8. The van der Waals surface area contributed by atoms with Gasteiger partial charge in [-0.2, -0.15) is 0 Å². The van der Waals surface area contributed by atoms with Crippen molar-refractivity contribution in [2.75, 3.05) is 26.4 Å². The third-order valence-corrected chi connectivity index (χ3v) is 12.6. The standard InChI is InChI=1S/C51H87NO18/c1-3-5-7-9-11-13-14-15-16-17-18-19-20-21-23-25-27-29-39(57)52-34(35(56)28-26-24-22-12-10-8-6-4-2)33-65-49-45(63)42(60)47(37(31-54)67-49)70-51-46(64)43(61)48(38(32-55)68-51)69-50-44(62)41(59)40(58)36(30-53)66-50/h5,7,11,13,15-16,18-19,21,23,34-38,40-51,53-56,58-64H,3-4,6,8-10,12,14,17,20,22,24-33H2,1-2H3,(H,52,57)/b7-5-,13-11-,16-15-,19-18-,23-21-. The number of aliphatic hydroxyl groups excluding tert-OH is 11. The first-order valence-corrected chi connectivity index (χ1v) is 25.5. The number of carbonyl (C=O) groups excluding carboxylic acids is 1. The summed E-state index contributed by atoms with van der Waals surface area (Å²) in [5.41, 5.74) is 0. The molecule has 3 rings (SSSR count). The molecule has 0 bridgehead atoms. The molecule has 70 heavy (non-hydrogen) atoms. The SMILES string of the molecule is CC/C=C\C/C=C\C/C=C\C/C=C\C/C=C\CCCC(=O)NC(COC1OC(CO)C(OC2OC(CO)C(OC3OC(CO)C(O)C(O)C3O)C(O)C2O)C(O)C1O)C(O)CCCCCCCCCC. The second-order valence-corrected chi connectivity index (χ2v) is 18.3. The molecule has 3 aliphatic rings. The summed E-state index contributed by atoms with van der Waals surface area (Å²) < 4.78 is 34.1. The summed E-state index contributed by atoms with van der Waals surface area (Å²) in [5.74, 6) is -0.307. The van der Waals surface area contributed by atoms with Gasteiger partial charge in [-0.25, -0.2) is 0 Å². The molecule has 0 aromatic carbocycles. The van der Waals surface area contributed by atoms with Crippen LogP contribution in [0.25, 0.3) is 0 Å². The van der Waals surface area contributed by atoms with Gasteiger partial charge in [-0.1, -0.05) is 126 Å². The molecule has 0 aromatic heterocycles. The summed E-state index contributed by atoms with van der Waals surface area (Å²) in [6.07, 6.45) is 9.32. The van der Waals surface area contributed by atoms with Crippen molar-refractivity contribution in [3.8, 4) is 0 Å². The zero-order valence-corrected chi connectivity index (χ0v) is 41.2. The van der Waals surface area contributed by atoms with E-state index in [0.717, 1.165) is 64.2 Å². The van der Waals surface area contributed by atoms with E-state index in [4.69, 9.17) is 28.4 Å². The number of unbranched alkanes of at least 4 members (excludes halogenated alkanes) is 8. The fourth-order valence-electron chi connectivity index (χ4n) is 8.35. The lowest BCUT2D eigenvalue weighted by atomic mass is 9.96. The van der Waals surface area contributed by atoms with Crippen molar-refractivity contribution in [2.45, 2.75) is 227 Å². The van der Waals surface area contributed by atoms with Crippen LogP contribution in [0.15, 0.2) is 60.8 Å². The van der Waals surface area contributed by atoms with Gasteiger partial charge in [0.15, 0.2) is 18.9 Å². The fraction of sp³-hybridized carbons (Fsp3) is 0.784. The number of hydrogen-bond acceptors (Lipinski definition) is 18. The molecule has 0 spiro atoms. The molecule has 12 N–H and O–H groups in total. The maximum Gasteiger partial charge on any atom is 0.220 e. The van der Waals surface area contributed by atoms with Crippen LogP contribution in [-0.2, 0) is 33.2 Å². The average Bonchev–Trinajstić information content (AvgIpc) is 3.35. The Morgan fingerprint density at radius 1 is 0.529 bits per heavy atom. The summed E-state index contributed by atoms with van der Waals surface area (Å²) in [5, 5.41) is 119. The van der Waals surface area contributed by atoms with Crippen LogP contribution in [0.3, 0.4) is 0 Å². The van der Waals surface area contributed by atoms with E-state index in [1.54, 1.807) is 0 Å². The van der Waals surface area contributed by atoms with Gasteiger partial charge < -0.3 is 89.9 Å². The lowest BCUT2D eigenvalue weighted by Crippen LogP contribution is -2.66. The van der Waals surface area contributed by atoms with Gasteiger partial charge in [0.05, 0.1) is 38.6 Å². The summed E-state index contributed by atoms with van der Waals surface area (Å²) in [4.78, 5) is 13.2. The van der Waals surface area contributed by atoms with E-state index in [1.807, 2.05) is 6.08 Å². The molecule has 404 valence electrons. The van der Waals surface area contributed by atoms with E-state index in [2.05, 4.69) is 73.8 Å². The van der Waals surface area contributed by atoms with Gasteiger partial charge in [0.25, 0.3) is 0 Å². The first kappa shape index (κ1) is 61.8. The second kappa shape index (κ2) is 35.6. The van der Waals surface area contributed by atoms with Crippen molar-refractivity contribution in [2.24, 2.45) is 0 Å². The number of carbonyl (C=O) groups is 1. The fourth-order valence-corrected chi connectivity index (χ4v) is 8.35. The molecule has 0 aromatic rings. The smallest absolute Gasteiger partial charge is 0.220 e.